The van der Waals surface area contributed by atoms with E-state index in [0.29, 0.717) is 12.1 Å². The van der Waals surface area contributed by atoms with Crippen molar-refractivity contribution in [3.05, 3.63) is 34.4 Å². The Bertz CT molecular complexity index is 530. The van der Waals surface area contributed by atoms with Crippen LogP contribution in [-0.2, 0) is 0 Å². The molecule has 0 saturated carbocycles. The zero-order chi connectivity index (χ0) is 14.0. The van der Waals surface area contributed by atoms with Crippen molar-refractivity contribution in [1.82, 2.24) is 0 Å². The zero-order valence-corrected chi connectivity index (χ0v) is 12.7. The van der Waals surface area contributed by atoms with Gasteiger partial charge in [0.2, 0.25) is 0 Å². The van der Waals surface area contributed by atoms with Gasteiger partial charge in [0.15, 0.2) is 0 Å². The predicted molar refractivity (Wildman–Crippen MR) is 55.3 cm³/mol. The molecule has 8 nitrogen and oxygen atoms in total. The number of carboxylic acids is 4. The summed E-state index contributed by atoms with van der Waals surface area (Å²) in [6, 6.07) is 1.14. The first-order chi connectivity index (χ1) is 8.27. The monoisotopic (exact) mass is 298 g/mol. The van der Waals surface area contributed by atoms with Gasteiger partial charge in [0.05, 0.1) is 23.9 Å². The summed E-state index contributed by atoms with van der Waals surface area (Å²) in [6.07, 6.45) is 0. The van der Waals surface area contributed by atoms with Crippen LogP contribution >= 0.6 is 0 Å². The molecular weight excluding hydrogens is 297 g/mol. The van der Waals surface area contributed by atoms with Gasteiger partial charge in [-0.15, -0.1) is 0 Å². The topological polar surface area (TPSA) is 161 Å². The van der Waals surface area contributed by atoms with Crippen LogP contribution < -0.4 is 20.4 Å². The van der Waals surface area contributed by atoms with Crippen molar-refractivity contribution in [3.63, 3.8) is 0 Å². The third kappa shape index (κ3) is 4.06. The molecular formula is C10H2Mg2O8. The summed E-state index contributed by atoms with van der Waals surface area (Å²) in [4.78, 5) is 42.6. The second-order valence-electron chi connectivity index (χ2n) is 3.06. The molecule has 0 aliphatic heterocycles. The smallest absolute Gasteiger partial charge is 0.545 e. The van der Waals surface area contributed by atoms with Gasteiger partial charge in [-0.1, -0.05) is 12.1 Å². The summed E-state index contributed by atoms with van der Waals surface area (Å²) in [5.41, 5.74) is -4.73. The van der Waals surface area contributed by atoms with Crippen LogP contribution in [0.5, 0.6) is 0 Å². The first-order valence-corrected chi connectivity index (χ1v) is 4.29. The number of benzene rings is 1. The van der Waals surface area contributed by atoms with Gasteiger partial charge in [0.1, 0.15) is 0 Å². The molecule has 0 radical (unpaired) electrons. The summed E-state index contributed by atoms with van der Waals surface area (Å²) in [6.45, 7) is 0. The van der Waals surface area contributed by atoms with Gasteiger partial charge in [-0.25, -0.2) is 0 Å². The van der Waals surface area contributed by atoms with Gasteiger partial charge in [-0.2, -0.15) is 0 Å². The Morgan fingerprint density at radius 1 is 0.600 bits per heavy atom. The summed E-state index contributed by atoms with van der Waals surface area (Å²) < 4.78 is 0. The third-order valence-corrected chi connectivity index (χ3v) is 2.05. The van der Waals surface area contributed by atoms with Gasteiger partial charge in [0, 0.05) is 22.3 Å². The molecule has 20 heavy (non-hydrogen) atoms. The van der Waals surface area contributed by atoms with E-state index in [-0.39, 0.29) is 46.1 Å². The van der Waals surface area contributed by atoms with Gasteiger partial charge in [-0.3, -0.25) is 0 Å². The maximum atomic E-state index is 10.7. The average molecular weight is 299 g/mol. The number of rotatable bonds is 4. The molecule has 0 heterocycles. The standard InChI is InChI=1S/C10H6O8.2Mg/c11-7(12)3-1-2-4(8(13)14)6(10(17)18)5(3)9(15)16;;/h1-2H,(H,11,12)(H,13,14)(H,15,16)(H,17,18);;/q;2*+2/p-4. The molecule has 0 aliphatic rings. The molecule has 0 spiro atoms. The van der Waals surface area contributed by atoms with E-state index in [1.807, 2.05) is 0 Å². The average Bonchev–Trinajstić information content (AvgIpc) is 2.26. The van der Waals surface area contributed by atoms with Crippen molar-refractivity contribution in [1.29, 1.82) is 0 Å². The van der Waals surface area contributed by atoms with Crippen LogP contribution in [0, 0.1) is 0 Å². The fourth-order valence-electron chi connectivity index (χ4n) is 1.37. The van der Waals surface area contributed by atoms with Crippen LogP contribution in [-0.4, -0.2) is 70.0 Å². The minimum absolute atomic E-state index is 0. The minimum atomic E-state index is -2.18. The third-order valence-electron chi connectivity index (χ3n) is 2.05. The van der Waals surface area contributed by atoms with Crippen LogP contribution in [0.3, 0.4) is 0 Å². The Labute approximate surface area is 143 Å². The molecule has 94 valence electrons. The molecule has 0 saturated heterocycles. The quantitative estimate of drug-likeness (QED) is 0.497. The number of aromatic carboxylic acids is 4. The zero-order valence-electron chi connectivity index (χ0n) is 9.83. The maximum Gasteiger partial charge on any atom is 2.00 e. The Balaban J connectivity index is 0. The van der Waals surface area contributed by atoms with E-state index < -0.39 is 46.1 Å². The predicted octanol–water partition coefficient (Wildman–Crippen LogP) is -5.62. The second-order valence-corrected chi connectivity index (χ2v) is 3.06. The molecule has 0 aromatic heterocycles. The van der Waals surface area contributed by atoms with E-state index in [4.69, 9.17) is 0 Å². The number of hydrogen-bond donors (Lipinski definition) is 0. The van der Waals surface area contributed by atoms with Crippen molar-refractivity contribution in [2.75, 3.05) is 0 Å². The molecule has 10 heteroatoms. The van der Waals surface area contributed by atoms with Crippen molar-refractivity contribution >= 4 is 70.0 Å². The van der Waals surface area contributed by atoms with E-state index in [1.54, 1.807) is 0 Å². The van der Waals surface area contributed by atoms with Crippen molar-refractivity contribution in [2.24, 2.45) is 0 Å². The minimum Gasteiger partial charge on any atom is -0.545 e. The molecule has 0 N–H and O–H groups in total. The summed E-state index contributed by atoms with van der Waals surface area (Å²) in [5, 5.41) is 42.6. The first-order valence-electron chi connectivity index (χ1n) is 4.29. The molecule has 1 aromatic carbocycles. The molecule has 1 rings (SSSR count). The van der Waals surface area contributed by atoms with Gasteiger partial charge in [-0.05, 0) is 0 Å². The first kappa shape index (κ1) is 20.9. The maximum absolute atomic E-state index is 10.7. The van der Waals surface area contributed by atoms with Gasteiger partial charge in [0.25, 0.3) is 0 Å². The largest absolute Gasteiger partial charge is 2.00 e. The Morgan fingerprint density at radius 3 is 1.00 bits per heavy atom. The van der Waals surface area contributed by atoms with Crippen molar-refractivity contribution in [3.8, 4) is 0 Å². The van der Waals surface area contributed by atoms with E-state index in [1.165, 1.54) is 0 Å². The molecule has 1 aromatic rings. The van der Waals surface area contributed by atoms with E-state index >= 15 is 0 Å². The Hall–Kier alpha value is -1.37. The second kappa shape index (κ2) is 8.04. The molecule has 0 atom stereocenters. The van der Waals surface area contributed by atoms with E-state index in [0.717, 1.165) is 0 Å². The van der Waals surface area contributed by atoms with E-state index in [2.05, 4.69) is 0 Å². The van der Waals surface area contributed by atoms with Crippen LogP contribution in [0.15, 0.2) is 12.1 Å². The Kier molecular flexibility index (Phi) is 8.42. The molecule has 0 unspecified atom stereocenters. The number of carbonyl (C=O) groups is 4. The normalized spacial score (nSPS) is 8.80. The number of hydrogen-bond acceptors (Lipinski definition) is 8. The Morgan fingerprint density at radius 2 is 0.850 bits per heavy atom. The van der Waals surface area contributed by atoms with Gasteiger partial charge < -0.3 is 39.6 Å². The van der Waals surface area contributed by atoms with Crippen molar-refractivity contribution < 1.29 is 39.6 Å². The van der Waals surface area contributed by atoms with E-state index in [9.17, 15) is 39.6 Å². The molecule has 0 aliphatic carbocycles. The fourth-order valence-corrected chi connectivity index (χ4v) is 1.37. The molecule has 0 bridgehead atoms. The van der Waals surface area contributed by atoms with Crippen LogP contribution in [0.4, 0.5) is 0 Å². The molecule has 0 amide bonds. The summed E-state index contributed by atoms with van der Waals surface area (Å²) in [7, 11) is 0. The van der Waals surface area contributed by atoms with Gasteiger partial charge >= 0.3 is 46.1 Å². The van der Waals surface area contributed by atoms with Crippen LogP contribution in [0.2, 0.25) is 0 Å². The number of carbonyl (C=O) groups excluding carboxylic acids is 4. The fraction of sp³-hybridized carbons (Fsp3) is 0. The SMILES string of the molecule is O=C([O-])c1ccc(C(=O)[O-])c(C(=O)[O-])c1C(=O)[O-].[Mg+2].[Mg+2]. The summed E-state index contributed by atoms with van der Waals surface area (Å²) in [5.74, 6) is -8.36. The van der Waals surface area contributed by atoms with Crippen molar-refractivity contribution in [2.45, 2.75) is 0 Å². The van der Waals surface area contributed by atoms with Crippen LogP contribution in [0.1, 0.15) is 41.4 Å². The number of carboxylic acid groups (broad SMARTS) is 4. The summed E-state index contributed by atoms with van der Waals surface area (Å²) >= 11 is 0. The van der Waals surface area contributed by atoms with Crippen LogP contribution in [0.25, 0.3) is 0 Å². The molecule has 0 fully saturated rings.